The third-order valence-electron chi connectivity index (χ3n) is 4.45. The lowest BCUT2D eigenvalue weighted by Gasteiger charge is -2.43. The van der Waals surface area contributed by atoms with Crippen molar-refractivity contribution in [1.82, 2.24) is 10.1 Å². The summed E-state index contributed by atoms with van der Waals surface area (Å²) >= 11 is 1.87. The first kappa shape index (κ1) is 15.7. The van der Waals surface area contributed by atoms with Gasteiger partial charge >= 0.3 is 0 Å². The fourth-order valence-corrected chi connectivity index (χ4v) is 4.51. The Morgan fingerprint density at radius 3 is 3.00 bits per heavy atom. The zero-order valence-corrected chi connectivity index (χ0v) is 13.8. The topological polar surface area (TPSA) is 55.6 Å². The molecule has 0 spiro atoms. The molecular weight excluding hydrogens is 331 g/mol. The minimum atomic E-state index is -0.314. The molecule has 1 aromatic carbocycles. The highest BCUT2D eigenvalue weighted by Gasteiger charge is 2.38. The lowest BCUT2D eigenvalue weighted by Crippen LogP contribution is -2.54. The highest BCUT2D eigenvalue weighted by molar-refractivity contribution is 8.00. The van der Waals surface area contributed by atoms with Crippen LogP contribution in [-0.4, -0.2) is 52.8 Å². The molecule has 0 bridgehead atoms. The summed E-state index contributed by atoms with van der Waals surface area (Å²) in [6.07, 6.45) is 0.853. The second-order valence-electron chi connectivity index (χ2n) is 5.92. The maximum Gasteiger partial charge on any atom is 0.276 e. The zero-order valence-electron chi connectivity index (χ0n) is 13.0. The van der Waals surface area contributed by atoms with Gasteiger partial charge < -0.3 is 14.2 Å². The summed E-state index contributed by atoms with van der Waals surface area (Å²) in [6.45, 7) is 2.09. The number of amides is 1. The van der Waals surface area contributed by atoms with Crippen molar-refractivity contribution in [3.63, 3.8) is 0 Å². The Balaban J connectivity index is 1.55. The molecule has 2 saturated heterocycles. The molecule has 2 fully saturated rings. The Hall–Kier alpha value is -1.86. The third kappa shape index (κ3) is 2.93. The van der Waals surface area contributed by atoms with Crippen molar-refractivity contribution in [3.8, 4) is 11.3 Å². The smallest absolute Gasteiger partial charge is 0.276 e. The Bertz CT molecular complexity index is 732. The van der Waals surface area contributed by atoms with Crippen molar-refractivity contribution in [2.24, 2.45) is 0 Å². The maximum atomic E-state index is 13.0. The summed E-state index contributed by atoms with van der Waals surface area (Å²) in [5.41, 5.74) is 0.993. The quantitative estimate of drug-likeness (QED) is 0.835. The number of nitrogens with zero attached hydrogens (tertiary/aromatic N) is 2. The molecule has 126 valence electrons. The van der Waals surface area contributed by atoms with Crippen LogP contribution in [0.5, 0.6) is 0 Å². The van der Waals surface area contributed by atoms with Gasteiger partial charge in [0.15, 0.2) is 11.5 Å². The fourth-order valence-electron chi connectivity index (χ4n) is 3.21. The molecule has 3 heterocycles. The van der Waals surface area contributed by atoms with E-state index >= 15 is 0 Å². The van der Waals surface area contributed by atoms with E-state index in [4.69, 9.17) is 9.26 Å². The van der Waals surface area contributed by atoms with Crippen LogP contribution in [0.2, 0.25) is 0 Å². The summed E-state index contributed by atoms with van der Waals surface area (Å²) in [5, 5.41) is 4.26. The van der Waals surface area contributed by atoms with Gasteiger partial charge in [0.2, 0.25) is 0 Å². The van der Waals surface area contributed by atoms with Crippen LogP contribution < -0.4 is 0 Å². The standard InChI is InChI=1S/C17H17FN2O3S/c18-12-3-1-11(2-4-12)15-9-13(19-23-15)17(21)20-6-8-24-16-10-22-7-5-14(16)20/h1-4,9,14,16H,5-8,10H2/t14-,16-/m0/s1. The lowest BCUT2D eigenvalue weighted by atomic mass is 10.1. The summed E-state index contributed by atoms with van der Waals surface area (Å²) in [6, 6.07) is 7.75. The van der Waals surface area contributed by atoms with E-state index in [2.05, 4.69) is 5.16 Å². The van der Waals surface area contributed by atoms with Gasteiger partial charge in [-0.1, -0.05) is 5.16 Å². The van der Waals surface area contributed by atoms with Crippen LogP contribution in [0.4, 0.5) is 4.39 Å². The van der Waals surface area contributed by atoms with Gasteiger partial charge in [0.1, 0.15) is 5.82 Å². The summed E-state index contributed by atoms with van der Waals surface area (Å²) in [4.78, 5) is 14.7. The number of carbonyl (C=O) groups is 1. The summed E-state index contributed by atoms with van der Waals surface area (Å²) < 4.78 is 23.8. The highest BCUT2D eigenvalue weighted by Crippen LogP contribution is 2.31. The van der Waals surface area contributed by atoms with Crippen molar-refractivity contribution < 1.29 is 18.4 Å². The van der Waals surface area contributed by atoms with Crippen LogP contribution in [0, 0.1) is 5.82 Å². The Morgan fingerprint density at radius 1 is 1.33 bits per heavy atom. The van der Waals surface area contributed by atoms with Crippen molar-refractivity contribution in [2.45, 2.75) is 17.7 Å². The largest absolute Gasteiger partial charge is 0.380 e. The molecule has 0 unspecified atom stereocenters. The van der Waals surface area contributed by atoms with Gasteiger partial charge in [-0.2, -0.15) is 11.8 Å². The van der Waals surface area contributed by atoms with E-state index in [1.807, 2.05) is 16.7 Å². The fraction of sp³-hybridized carbons (Fsp3) is 0.412. The van der Waals surface area contributed by atoms with E-state index in [1.165, 1.54) is 12.1 Å². The molecule has 0 saturated carbocycles. The predicted octanol–water partition coefficient (Wildman–Crippen LogP) is 2.83. The molecule has 7 heteroatoms. The lowest BCUT2D eigenvalue weighted by molar-refractivity contribution is 0.0313. The van der Waals surface area contributed by atoms with Crippen molar-refractivity contribution >= 4 is 17.7 Å². The van der Waals surface area contributed by atoms with Crippen LogP contribution in [0.1, 0.15) is 16.9 Å². The van der Waals surface area contributed by atoms with Gasteiger partial charge in [-0.3, -0.25) is 4.79 Å². The number of ether oxygens (including phenoxy) is 1. The number of benzene rings is 1. The molecule has 5 nitrogen and oxygen atoms in total. The maximum absolute atomic E-state index is 13.0. The van der Waals surface area contributed by atoms with Crippen LogP contribution in [0.15, 0.2) is 34.9 Å². The molecule has 0 aliphatic carbocycles. The number of hydrogen-bond acceptors (Lipinski definition) is 5. The average Bonchev–Trinajstić information content (AvgIpc) is 3.11. The molecular formula is C17H17FN2O3S. The molecule has 0 radical (unpaired) electrons. The average molecular weight is 348 g/mol. The molecule has 2 aliphatic rings. The SMILES string of the molecule is O=C(c1cc(-c2ccc(F)cc2)on1)N1CCS[C@H]2COCC[C@@H]21. The molecule has 1 amide bonds. The molecule has 0 N–H and O–H groups in total. The van der Waals surface area contributed by atoms with Crippen LogP contribution in [0.3, 0.4) is 0 Å². The molecule has 4 rings (SSSR count). The van der Waals surface area contributed by atoms with Gasteiger partial charge in [-0.25, -0.2) is 4.39 Å². The van der Waals surface area contributed by atoms with Crippen LogP contribution >= 0.6 is 11.8 Å². The van der Waals surface area contributed by atoms with Gasteiger partial charge in [-0.15, -0.1) is 0 Å². The first-order valence-corrected chi connectivity index (χ1v) is 9.00. The molecule has 2 aromatic rings. The van der Waals surface area contributed by atoms with E-state index in [0.717, 1.165) is 12.2 Å². The van der Waals surface area contributed by atoms with E-state index < -0.39 is 0 Å². The first-order valence-electron chi connectivity index (χ1n) is 7.95. The monoisotopic (exact) mass is 348 g/mol. The third-order valence-corrected chi connectivity index (χ3v) is 5.75. The summed E-state index contributed by atoms with van der Waals surface area (Å²) in [5.74, 6) is 0.947. The van der Waals surface area contributed by atoms with Crippen molar-refractivity contribution in [2.75, 3.05) is 25.5 Å². The van der Waals surface area contributed by atoms with Gasteiger partial charge in [0, 0.05) is 41.8 Å². The molecule has 1 aromatic heterocycles. The van der Waals surface area contributed by atoms with Crippen molar-refractivity contribution in [3.05, 3.63) is 41.8 Å². The van der Waals surface area contributed by atoms with E-state index in [-0.39, 0.29) is 17.8 Å². The second-order valence-corrected chi connectivity index (χ2v) is 7.27. The summed E-state index contributed by atoms with van der Waals surface area (Å²) in [7, 11) is 0. The van der Waals surface area contributed by atoms with Crippen molar-refractivity contribution in [1.29, 1.82) is 0 Å². The zero-order chi connectivity index (χ0) is 16.5. The van der Waals surface area contributed by atoms with Gasteiger partial charge in [0.25, 0.3) is 5.91 Å². The number of carbonyl (C=O) groups excluding carboxylic acids is 1. The van der Waals surface area contributed by atoms with Crippen LogP contribution in [0.25, 0.3) is 11.3 Å². The second kappa shape index (κ2) is 6.57. The van der Waals surface area contributed by atoms with Gasteiger partial charge in [-0.05, 0) is 30.7 Å². The molecule has 24 heavy (non-hydrogen) atoms. The van der Waals surface area contributed by atoms with Crippen LogP contribution in [-0.2, 0) is 4.74 Å². The predicted molar refractivity (Wildman–Crippen MR) is 88.4 cm³/mol. The Kier molecular flexibility index (Phi) is 4.28. The number of hydrogen-bond donors (Lipinski definition) is 0. The Labute approximate surface area is 143 Å². The minimum Gasteiger partial charge on any atom is -0.380 e. The Morgan fingerprint density at radius 2 is 2.17 bits per heavy atom. The minimum absolute atomic E-state index is 0.107. The van der Waals surface area contributed by atoms with E-state index in [9.17, 15) is 9.18 Å². The van der Waals surface area contributed by atoms with E-state index in [1.54, 1.807) is 18.2 Å². The first-order chi connectivity index (χ1) is 11.7. The number of rotatable bonds is 2. The number of thioether (sulfide) groups is 1. The van der Waals surface area contributed by atoms with E-state index in [0.29, 0.717) is 42.0 Å². The number of aromatic nitrogens is 1. The highest BCUT2D eigenvalue weighted by atomic mass is 32.2. The molecule has 2 aliphatic heterocycles. The number of halogens is 1. The van der Waals surface area contributed by atoms with Gasteiger partial charge in [0.05, 0.1) is 6.61 Å². The molecule has 2 atom stereocenters. The normalized spacial score (nSPS) is 23.8. The number of fused-ring (bicyclic) bond motifs is 1.